The van der Waals surface area contributed by atoms with Crippen LogP contribution in [0.25, 0.3) is 0 Å². The third kappa shape index (κ3) is 3.19. The molecule has 6 nitrogen and oxygen atoms in total. The highest BCUT2D eigenvalue weighted by Gasteiger charge is 2.67. The minimum atomic E-state index is -0.386. The Kier molecular flexibility index (Phi) is 5.01. The number of allylic oxidation sites excluding steroid dienone is 2. The fourth-order valence-corrected chi connectivity index (χ4v) is 6.41. The van der Waals surface area contributed by atoms with Gasteiger partial charge >= 0.3 is 0 Å². The summed E-state index contributed by atoms with van der Waals surface area (Å²) in [6.45, 7) is -0.162. The van der Waals surface area contributed by atoms with Crippen molar-refractivity contribution in [2.24, 2.45) is 35.5 Å². The van der Waals surface area contributed by atoms with E-state index >= 15 is 0 Å². The number of rotatable bonds is 5. The normalized spacial score (nSPS) is 30.3. The molecule has 4 aliphatic carbocycles. The second kappa shape index (κ2) is 7.85. The van der Waals surface area contributed by atoms with Crippen molar-refractivity contribution >= 4 is 46.6 Å². The molecule has 1 heterocycles. The Morgan fingerprint density at radius 3 is 2.15 bits per heavy atom. The first kappa shape index (κ1) is 21.7. The Labute approximate surface area is 207 Å². The number of ether oxygens (including phenoxy) is 1. The molecular weight excluding hydrogens is 475 g/mol. The van der Waals surface area contributed by atoms with E-state index in [1.54, 1.807) is 43.5 Å². The topological polar surface area (TPSA) is 66.9 Å². The Bertz CT molecular complexity index is 1210. The molecule has 0 spiro atoms. The average Bonchev–Trinajstić information content (AvgIpc) is 3.64. The van der Waals surface area contributed by atoms with Crippen LogP contribution in [-0.4, -0.2) is 36.4 Å². The van der Waals surface area contributed by atoms with Crippen LogP contribution >= 0.6 is 23.2 Å². The molecule has 0 aromatic heterocycles. The van der Waals surface area contributed by atoms with Crippen molar-refractivity contribution in [2.75, 3.05) is 18.7 Å². The lowest BCUT2D eigenvalue weighted by Gasteiger charge is -2.37. The van der Waals surface area contributed by atoms with Gasteiger partial charge in [-0.3, -0.25) is 24.2 Å². The number of halogens is 2. The lowest BCUT2D eigenvalue weighted by molar-refractivity contribution is -0.140. The molecule has 0 unspecified atom stereocenters. The molecule has 2 saturated carbocycles. The number of benzene rings is 2. The maximum atomic E-state index is 13.6. The number of imide groups is 1. The molecule has 174 valence electrons. The molecule has 1 aliphatic heterocycles. The number of hydrogen-bond donors (Lipinski definition) is 0. The van der Waals surface area contributed by atoms with Crippen LogP contribution < -0.4 is 9.64 Å². The molecule has 0 N–H and O–H groups in total. The highest BCUT2D eigenvalue weighted by atomic mass is 35.5. The maximum absolute atomic E-state index is 13.6. The van der Waals surface area contributed by atoms with Crippen molar-refractivity contribution in [1.29, 1.82) is 0 Å². The van der Waals surface area contributed by atoms with Gasteiger partial charge in [0.25, 0.3) is 5.91 Å². The average molecular weight is 497 g/mol. The van der Waals surface area contributed by atoms with Crippen LogP contribution in [0.2, 0.25) is 10.0 Å². The van der Waals surface area contributed by atoms with Crippen molar-refractivity contribution in [1.82, 2.24) is 4.90 Å². The SMILES string of the molecule is COc1ccc(N(CN2C(=O)[C@@H]3[C@@H]4C=C[C@H]([C@H]5C[C@H]45)[C@@H]3C2=O)C(=O)c2ccc(Cl)c(Cl)c2)cc1. The van der Waals surface area contributed by atoms with Crippen LogP contribution in [0.4, 0.5) is 5.69 Å². The Balaban J connectivity index is 1.34. The highest BCUT2D eigenvalue weighted by molar-refractivity contribution is 6.42. The predicted octanol–water partition coefficient (Wildman–Crippen LogP) is 4.66. The molecule has 7 rings (SSSR count). The molecular formula is C26H22Cl2N2O4. The van der Waals surface area contributed by atoms with E-state index in [9.17, 15) is 14.4 Å². The van der Waals surface area contributed by atoms with Gasteiger partial charge in [-0.05, 0) is 72.6 Å². The van der Waals surface area contributed by atoms with Gasteiger partial charge in [0.1, 0.15) is 12.4 Å². The van der Waals surface area contributed by atoms with Crippen molar-refractivity contribution in [3.63, 3.8) is 0 Å². The van der Waals surface area contributed by atoms with Crippen LogP contribution in [0, 0.1) is 35.5 Å². The third-order valence-corrected chi connectivity index (χ3v) is 8.57. The summed E-state index contributed by atoms with van der Waals surface area (Å²) in [7, 11) is 1.56. The van der Waals surface area contributed by atoms with E-state index in [4.69, 9.17) is 27.9 Å². The minimum absolute atomic E-state index is 0.127. The van der Waals surface area contributed by atoms with Gasteiger partial charge < -0.3 is 4.74 Å². The lowest BCUT2D eigenvalue weighted by atomic mass is 9.63. The quantitative estimate of drug-likeness (QED) is 0.445. The van der Waals surface area contributed by atoms with Crippen LogP contribution in [0.15, 0.2) is 54.6 Å². The van der Waals surface area contributed by atoms with Gasteiger partial charge in [-0.1, -0.05) is 35.4 Å². The highest BCUT2D eigenvalue weighted by Crippen LogP contribution is 2.65. The van der Waals surface area contributed by atoms with Crippen LogP contribution in [0.3, 0.4) is 0 Å². The molecule has 34 heavy (non-hydrogen) atoms. The van der Waals surface area contributed by atoms with E-state index in [2.05, 4.69) is 12.2 Å². The van der Waals surface area contributed by atoms with Crippen molar-refractivity contribution < 1.29 is 19.1 Å². The molecule has 2 aromatic carbocycles. The van der Waals surface area contributed by atoms with Gasteiger partial charge in [-0.15, -0.1) is 0 Å². The van der Waals surface area contributed by atoms with E-state index in [1.165, 1.54) is 15.9 Å². The molecule has 0 radical (unpaired) electrons. The minimum Gasteiger partial charge on any atom is -0.497 e. The number of carbonyl (C=O) groups excluding carboxylic acids is 3. The monoisotopic (exact) mass is 496 g/mol. The van der Waals surface area contributed by atoms with Gasteiger partial charge in [-0.2, -0.15) is 0 Å². The van der Waals surface area contributed by atoms with Gasteiger partial charge in [0.15, 0.2) is 0 Å². The number of methoxy groups -OCH3 is 1. The van der Waals surface area contributed by atoms with Crippen molar-refractivity contribution in [2.45, 2.75) is 6.42 Å². The zero-order valence-corrected chi connectivity index (χ0v) is 19.9. The van der Waals surface area contributed by atoms with Crippen molar-refractivity contribution in [3.05, 3.63) is 70.2 Å². The number of amides is 3. The summed E-state index contributed by atoms with van der Waals surface area (Å²) in [5.41, 5.74) is 0.848. The Morgan fingerprint density at radius 1 is 0.971 bits per heavy atom. The molecule has 6 atom stereocenters. The fraction of sp³-hybridized carbons (Fsp3) is 0.346. The smallest absolute Gasteiger partial charge is 0.259 e. The molecule has 1 saturated heterocycles. The summed E-state index contributed by atoms with van der Waals surface area (Å²) in [5.74, 6) is 0.540. The number of carbonyl (C=O) groups is 3. The fourth-order valence-electron chi connectivity index (χ4n) is 6.11. The van der Waals surface area contributed by atoms with Crippen LogP contribution in [0.1, 0.15) is 16.8 Å². The molecule has 3 amide bonds. The first-order valence-corrected chi connectivity index (χ1v) is 12.1. The van der Waals surface area contributed by atoms with E-state index in [0.717, 1.165) is 6.42 Å². The maximum Gasteiger partial charge on any atom is 0.259 e. The summed E-state index contributed by atoms with van der Waals surface area (Å²) in [6.07, 6.45) is 5.37. The molecule has 3 fully saturated rings. The van der Waals surface area contributed by atoms with Crippen molar-refractivity contribution in [3.8, 4) is 5.75 Å². The summed E-state index contributed by atoms with van der Waals surface area (Å²) >= 11 is 12.2. The van der Waals surface area contributed by atoms with Crippen LogP contribution in [-0.2, 0) is 9.59 Å². The largest absolute Gasteiger partial charge is 0.497 e. The van der Waals surface area contributed by atoms with Gasteiger partial charge in [0, 0.05) is 11.3 Å². The number of hydrogen-bond acceptors (Lipinski definition) is 4. The number of nitrogens with zero attached hydrogens (tertiary/aromatic N) is 2. The van der Waals surface area contributed by atoms with Crippen LogP contribution in [0.5, 0.6) is 5.75 Å². The Morgan fingerprint density at radius 2 is 1.59 bits per heavy atom. The van der Waals surface area contributed by atoms with E-state index in [1.807, 2.05) is 0 Å². The molecule has 8 heteroatoms. The van der Waals surface area contributed by atoms with E-state index in [0.29, 0.717) is 33.9 Å². The second-order valence-electron chi connectivity index (χ2n) is 9.46. The van der Waals surface area contributed by atoms with Gasteiger partial charge in [-0.25, -0.2) is 0 Å². The van der Waals surface area contributed by atoms with Gasteiger partial charge in [0.05, 0.1) is 29.0 Å². The summed E-state index contributed by atoms with van der Waals surface area (Å²) in [5, 5.41) is 0.591. The molecule has 2 aromatic rings. The van der Waals surface area contributed by atoms with E-state index in [-0.39, 0.29) is 53.1 Å². The first-order chi connectivity index (χ1) is 16.4. The second-order valence-corrected chi connectivity index (χ2v) is 10.3. The summed E-state index contributed by atoms with van der Waals surface area (Å²) in [6, 6.07) is 11.6. The number of likely N-dealkylation sites (tertiary alicyclic amines) is 1. The first-order valence-electron chi connectivity index (χ1n) is 11.3. The molecule has 5 aliphatic rings. The number of anilines is 1. The van der Waals surface area contributed by atoms with Gasteiger partial charge in [0.2, 0.25) is 11.8 Å². The van der Waals surface area contributed by atoms with E-state index < -0.39 is 0 Å². The zero-order chi connectivity index (χ0) is 23.7. The predicted molar refractivity (Wildman–Crippen MR) is 128 cm³/mol. The summed E-state index contributed by atoms with van der Waals surface area (Å²) in [4.78, 5) is 43.3. The Hall–Kier alpha value is -2.83. The zero-order valence-electron chi connectivity index (χ0n) is 18.4. The molecule has 2 bridgehead atoms. The summed E-state index contributed by atoms with van der Waals surface area (Å²) < 4.78 is 5.24. The third-order valence-electron chi connectivity index (χ3n) is 7.83. The lowest BCUT2D eigenvalue weighted by Crippen LogP contribution is -2.45. The standard InChI is InChI=1S/C26H22Cl2N2O4/c1-34-15-5-3-14(4-6-15)29(24(31)13-2-9-20(27)21(28)10-13)12-30-25(32)22-16-7-8-17(19-11-18(16)19)23(22)26(30)33/h2-10,16-19,22-23H,11-12H2,1H3/t16-,17-,18-,19-,22-,23+/m1/s1.